The van der Waals surface area contributed by atoms with Crippen LogP contribution in [-0.2, 0) is 9.59 Å². The lowest BCUT2D eigenvalue weighted by molar-refractivity contribution is -0.121. The average Bonchev–Trinajstić information content (AvgIpc) is 2.59. The first-order valence-corrected chi connectivity index (χ1v) is 5.27. The first-order chi connectivity index (χ1) is 7.22. The van der Waals surface area contributed by atoms with Gasteiger partial charge in [0.1, 0.15) is 0 Å². The number of nitrogens with zero attached hydrogens (tertiary/aromatic N) is 1. The molecule has 0 unspecified atom stereocenters. The van der Waals surface area contributed by atoms with Gasteiger partial charge in [-0.1, -0.05) is 0 Å². The van der Waals surface area contributed by atoms with E-state index in [1.54, 1.807) is 24.3 Å². The Morgan fingerprint density at radius 1 is 1.07 bits per heavy atom. The SMILES string of the molecule is O=C1CCC(=O)N1c1ccc(SO)cc1. The van der Waals surface area contributed by atoms with Gasteiger partial charge >= 0.3 is 0 Å². The minimum atomic E-state index is -0.163. The Hall–Kier alpha value is -1.33. The van der Waals surface area contributed by atoms with Gasteiger partial charge in [0, 0.05) is 29.8 Å². The Kier molecular flexibility index (Phi) is 2.75. The van der Waals surface area contributed by atoms with Gasteiger partial charge in [-0.05, 0) is 24.3 Å². The van der Waals surface area contributed by atoms with E-state index in [0.717, 1.165) is 0 Å². The van der Waals surface area contributed by atoms with Crippen molar-refractivity contribution >= 4 is 29.5 Å². The molecule has 2 amide bonds. The molecular formula is C10H9NO3S. The van der Waals surface area contributed by atoms with Crippen LogP contribution in [0.3, 0.4) is 0 Å². The highest BCUT2D eigenvalue weighted by molar-refractivity contribution is 7.93. The van der Waals surface area contributed by atoms with Crippen LogP contribution in [0, 0.1) is 0 Å². The summed E-state index contributed by atoms with van der Waals surface area (Å²) in [5, 5.41) is 0. The van der Waals surface area contributed by atoms with E-state index in [0.29, 0.717) is 22.6 Å². The summed E-state index contributed by atoms with van der Waals surface area (Å²) in [6.45, 7) is 0. The standard InChI is InChI=1S/C10H9NO3S/c12-9-5-6-10(13)11(9)7-1-3-8(15-14)4-2-7/h1-4,14H,5-6H2. The molecule has 1 aromatic carbocycles. The first kappa shape index (κ1) is 10.2. The molecule has 0 radical (unpaired) electrons. The van der Waals surface area contributed by atoms with Crippen molar-refractivity contribution in [2.45, 2.75) is 17.7 Å². The Bertz CT molecular complexity index is 386. The highest BCUT2D eigenvalue weighted by Gasteiger charge is 2.29. The minimum Gasteiger partial charge on any atom is -0.325 e. The van der Waals surface area contributed by atoms with Crippen LogP contribution < -0.4 is 4.90 Å². The predicted molar refractivity (Wildman–Crippen MR) is 56.7 cm³/mol. The highest BCUT2D eigenvalue weighted by Crippen LogP contribution is 2.24. The second-order valence-corrected chi connectivity index (χ2v) is 3.86. The molecule has 0 bridgehead atoms. The maximum atomic E-state index is 11.4. The Morgan fingerprint density at radius 3 is 2.07 bits per heavy atom. The van der Waals surface area contributed by atoms with Crippen molar-refractivity contribution in [1.29, 1.82) is 0 Å². The summed E-state index contributed by atoms with van der Waals surface area (Å²) in [5.74, 6) is -0.325. The second kappa shape index (κ2) is 4.04. The van der Waals surface area contributed by atoms with Gasteiger partial charge in [0.2, 0.25) is 11.8 Å². The van der Waals surface area contributed by atoms with Gasteiger partial charge in [0.05, 0.1) is 5.69 Å². The zero-order valence-electron chi connectivity index (χ0n) is 7.84. The number of carbonyl (C=O) groups is 2. The molecule has 78 valence electrons. The fourth-order valence-electron chi connectivity index (χ4n) is 1.52. The Labute approximate surface area is 91.1 Å². The van der Waals surface area contributed by atoms with Crippen LogP contribution in [0.5, 0.6) is 0 Å². The maximum Gasteiger partial charge on any atom is 0.234 e. The number of imide groups is 1. The van der Waals surface area contributed by atoms with Crippen LogP contribution >= 0.6 is 12.0 Å². The van der Waals surface area contributed by atoms with Gasteiger partial charge in [-0.15, -0.1) is 0 Å². The maximum absolute atomic E-state index is 11.4. The van der Waals surface area contributed by atoms with Crippen molar-refractivity contribution in [2.24, 2.45) is 0 Å². The quantitative estimate of drug-likeness (QED) is 0.614. The van der Waals surface area contributed by atoms with E-state index in [9.17, 15) is 9.59 Å². The van der Waals surface area contributed by atoms with Crippen LogP contribution in [-0.4, -0.2) is 16.4 Å². The third-order valence-electron chi connectivity index (χ3n) is 2.25. The highest BCUT2D eigenvalue weighted by atomic mass is 32.2. The predicted octanol–water partition coefficient (Wildman–Crippen LogP) is 1.91. The van der Waals surface area contributed by atoms with Crippen LogP contribution in [0.2, 0.25) is 0 Å². The van der Waals surface area contributed by atoms with Crippen LogP contribution in [0.1, 0.15) is 12.8 Å². The van der Waals surface area contributed by atoms with Crippen molar-refractivity contribution in [3.63, 3.8) is 0 Å². The van der Waals surface area contributed by atoms with Crippen molar-refractivity contribution in [3.05, 3.63) is 24.3 Å². The molecule has 4 nitrogen and oxygen atoms in total. The van der Waals surface area contributed by atoms with E-state index in [1.165, 1.54) is 4.90 Å². The topological polar surface area (TPSA) is 57.6 Å². The molecule has 1 heterocycles. The zero-order valence-corrected chi connectivity index (χ0v) is 8.66. The summed E-state index contributed by atoms with van der Waals surface area (Å²) in [6, 6.07) is 6.64. The normalized spacial score (nSPS) is 16.2. The van der Waals surface area contributed by atoms with Gasteiger partial charge in [-0.3, -0.25) is 14.5 Å². The fourth-order valence-corrected chi connectivity index (χ4v) is 1.78. The Morgan fingerprint density at radius 2 is 1.60 bits per heavy atom. The van der Waals surface area contributed by atoms with Crippen LogP contribution in [0.4, 0.5) is 5.69 Å². The number of hydrogen-bond donors (Lipinski definition) is 1. The molecule has 1 saturated heterocycles. The average molecular weight is 223 g/mol. The van der Waals surface area contributed by atoms with Crippen LogP contribution in [0.25, 0.3) is 0 Å². The lowest BCUT2D eigenvalue weighted by Gasteiger charge is -2.13. The molecule has 1 aromatic rings. The molecule has 0 aliphatic carbocycles. The number of anilines is 1. The fraction of sp³-hybridized carbons (Fsp3) is 0.200. The third kappa shape index (κ3) is 1.88. The number of benzene rings is 1. The van der Waals surface area contributed by atoms with Gasteiger partial charge in [-0.2, -0.15) is 0 Å². The van der Waals surface area contributed by atoms with E-state index in [2.05, 4.69) is 0 Å². The summed E-state index contributed by atoms with van der Waals surface area (Å²) in [7, 11) is 0. The number of carbonyl (C=O) groups excluding carboxylic acids is 2. The van der Waals surface area contributed by atoms with E-state index >= 15 is 0 Å². The third-order valence-corrected chi connectivity index (χ3v) is 2.73. The van der Waals surface area contributed by atoms with Gasteiger partial charge in [-0.25, -0.2) is 0 Å². The second-order valence-electron chi connectivity index (χ2n) is 3.21. The molecular weight excluding hydrogens is 214 g/mol. The van der Waals surface area contributed by atoms with Crippen LogP contribution in [0.15, 0.2) is 29.2 Å². The first-order valence-electron chi connectivity index (χ1n) is 4.49. The van der Waals surface area contributed by atoms with Gasteiger partial charge < -0.3 is 4.55 Å². The summed E-state index contributed by atoms with van der Waals surface area (Å²) >= 11 is 0.633. The van der Waals surface area contributed by atoms with Crippen molar-refractivity contribution in [3.8, 4) is 0 Å². The van der Waals surface area contributed by atoms with Gasteiger partial charge in [0.15, 0.2) is 0 Å². The lowest BCUT2D eigenvalue weighted by atomic mass is 10.3. The van der Waals surface area contributed by atoms with E-state index in [4.69, 9.17) is 4.55 Å². The molecule has 1 aliphatic heterocycles. The molecule has 15 heavy (non-hydrogen) atoms. The lowest BCUT2D eigenvalue weighted by Crippen LogP contribution is -2.28. The smallest absolute Gasteiger partial charge is 0.234 e. The molecule has 2 rings (SSSR count). The number of amides is 2. The number of rotatable bonds is 2. The van der Waals surface area contributed by atoms with Crippen molar-refractivity contribution < 1.29 is 14.1 Å². The summed E-state index contributed by atoms with van der Waals surface area (Å²) in [4.78, 5) is 24.6. The molecule has 1 fully saturated rings. The molecule has 0 aromatic heterocycles. The van der Waals surface area contributed by atoms with E-state index < -0.39 is 0 Å². The summed E-state index contributed by atoms with van der Waals surface area (Å²) < 4.78 is 8.77. The molecule has 0 spiro atoms. The van der Waals surface area contributed by atoms with E-state index in [1.807, 2.05) is 0 Å². The summed E-state index contributed by atoms with van der Waals surface area (Å²) in [6.07, 6.45) is 0.574. The molecule has 0 atom stereocenters. The van der Waals surface area contributed by atoms with E-state index in [-0.39, 0.29) is 24.7 Å². The number of hydrogen-bond acceptors (Lipinski definition) is 4. The molecule has 5 heteroatoms. The largest absolute Gasteiger partial charge is 0.325 e. The summed E-state index contributed by atoms with van der Waals surface area (Å²) in [5.41, 5.74) is 0.570. The van der Waals surface area contributed by atoms with Crippen molar-refractivity contribution in [2.75, 3.05) is 4.90 Å². The molecule has 1 N–H and O–H groups in total. The minimum absolute atomic E-state index is 0.163. The zero-order chi connectivity index (χ0) is 10.8. The molecule has 1 aliphatic rings. The molecule has 0 saturated carbocycles. The monoisotopic (exact) mass is 223 g/mol. The Balaban J connectivity index is 2.29. The van der Waals surface area contributed by atoms with Crippen molar-refractivity contribution in [1.82, 2.24) is 0 Å². The van der Waals surface area contributed by atoms with Gasteiger partial charge in [0.25, 0.3) is 0 Å².